The molecule has 0 aromatic carbocycles. The second-order valence-electron chi connectivity index (χ2n) is 6.45. The number of nitrogens with one attached hydrogen (secondary N) is 1. The molecule has 0 radical (unpaired) electrons. The normalized spacial score (nSPS) is 30.4. The van der Waals surface area contributed by atoms with E-state index in [0.29, 0.717) is 11.3 Å². The van der Waals surface area contributed by atoms with Crippen LogP contribution in [0.25, 0.3) is 0 Å². The Morgan fingerprint density at radius 1 is 1.39 bits per heavy atom. The summed E-state index contributed by atoms with van der Waals surface area (Å²) >= 11 is 0. The summed E-state index contributed by atoms with van der Waals surface area (Å²) in [5.74, 6) is 0.716. The van der Waals surface area contributed by atoms with Crippen LogP contribution in [-0.4, -0.2) is 37.0 Å². The highest BCUT2D eigenvalue weighted by Crippen LogP contribution is 2.34. The Kier molecular flexibility index (Phi) is 4.66. The molecule has 1 unspecified atom stereocenters. The molecule has 0 saturated carbocycles. The van der Waals surface area contributed by atoms with Crippen LogP contribution in [0.15, 0.2) is 0 Å². The smallest absolute Gasteiger partial charge is 0.225 e. The fraction of sp³-hybridized carbons (Fsp3) is 0.933. The fourth-order valence-electron chi connectivity index (χ4n) is 3.64. The van der Waals surface area contributed by atoms with E-state index in [0.717, 1.165) is 39.0 Å². The van der Waals surface area contributed by atoms with Gasteiger partial charge in [-0.15, -0.1) is 0 Å². The van der Waals surface area contributed by atoms with Crippen molar-refractivity contribution in [3.8, 4) is 0 Å². The van der Waals surface area contributed by atoms with Crippen LogP contribution in [0.5, 0.6) is 0 Å². The summed E-state index contributed by atoms with van der Waals surface area (Å²) in [4.78, 5) is 14.7. The summed E-state index contributed by atoms with van der Waals surface area (Å²) in [5, 5.41) is 3.34. The van der Waals surface area contributed by atoms with Crippen LogP contribution in [0.2, 0.25) is 0 Å². The summed E-state index contributed by atoms with van der Waals surface area (Å²) in [5.41, 5.74) is 0.371. The van der Waals surface area contributed by atoms with Gasteiger partial charge in [0.15, 0.2) is 0 Å². The molecule has 2 heterocycles. The van der Waals surface area contributed by atoms with Gasteiger partial charge in [0.25, 0.3) is 0 Å². The number of rotatable bonds is 3. The second-order valence-corrected chi connectivity index (χ2v) is 6.45. The maximum atomic E-state index is 12.5. The third kappa shape index (κ3) is 3.25. The molecule has 18 heavy (non-hydrogen) atoms. The van der Waals surface area contributed by atoms with Crippen molar-refractivity contribution in [3.63, 3.8) is 0 Å². The minimum Gasteiger partial charge on any atom is -0.342 e. The van der Waals surface area contributed by atoms with Crippen molar-refractivity contribution in [2.45, 2.75) is 52.4 Å². The topological polar surface area (TPSA) is 32.3 Å². The van der Waals surface area contributed by atoms with E-state index in [1.54, 1.807) is 0 Å². The molecule has 1 amide bonds. The monoisotopic (exact) mass is 252 g/mol. The lowest BCUT2D eigenvalue weighted by atomic mass is 9.78. The van der Waals surface area contributed by atoms with Gasteiger partial charge in [0.05, 0.1) is 0 Å². The van der Waals surface area contributed by atoms with Crippen molar-refractivity contribution < 1.29 is 4.79 Å². The molecule has 1 atom stereocenters. The zero-order valence-electron chi connectivity index (χ0n) is 12.0. The van der Waals surface area contributed by atoms with E-state index in [4.69, 9.17) is 0 Å². The number of carbonyl (C=O) groups is 1. The van der Waals surface area contributed by atoms with E-state index in [-0.39, 0.29) is 5.92 Å². The molecular formula is C15H28N2O. The summed E-state index contributed by atoms with van der Waals surface area (Å²) in [6.07, 6.45) is 7.01. The Labute approximate surface area is 111 Å². The molecule has 0 bridgehead atoms. The Morgan fingerprint density at radius 2 is 2.11 bits per heavy atom. The van der Waals surface area contributed by atoms with Gasteiger partial charge in [-0.05, 0) is 50.6 Å². The maximum absolute atomic E-state index is 12.5. The molecule has 1 N–H and O–H groups in total. The average molecular weight is 252 g/mol. The molecule has 2 fully saturated rings. The van der Waals surface area contributed by atoms with E-state index in [1.807, 2.05) is 0 Å². The third-order valence-electron chi connectivity index (χ3n) is 4.63. The summed E-state index contributed by atoms with van der Waals surface area (Å²) in [6.45, 7) is 8.61. The Hall–Kier alpha value is -0.570. The Morgan fingerprint density at radius 3 is 2.78 bits per heavy atom. The fourth-order valence-corrected chi connectivity index (χ4v) is 3.64. The maximum Gasteiger partial charge on any atom is 0.225 e. The molecule has 104 valence electrons. The van der Waals surface area contributed by atoms with E-state index in [9.17, 15) is 4.79 Å². The van der Waals surface area contributed by atoms with Crippen molar-refractivity contribution in [1.82, 2.24) is 10.2 Å². The predicted molar refractivity (Wildman–Crippen MR) is 74.4 cm³/mol. The van der Waals surface area contributed by atoms with Crippen LogP contribution in [0.3, 0.4) is 0 Å². The SMILES string of the molecule is CCCC1(C)CCCN(C(=O)C2CCNCC2)C1. The first-order valence-corrected chi connectivity index (χ1v) is 7.64. The Balaban J connectivity index is 1.93. The lowest BCUT2D eigenvalue weighted by Gasteiger charge is -2.42. The van der Waals surface area contributed by atoms with Crippen LogP contribution >= 0.6 is 0 Å². The first-order chi connectivity index (χ1) is 8.64. The van der Waals surface area contributed by atoms with Gasteiger partial charge in [0.2, 0.25) is 5.91 Å². The highest BCUT2D eigenvalue weighted by atomic mass is 16.2. The van der Waals surface area contributed by atoms with Crippen LogP contribution in [0.4, 0.5) is 0 Å². The number of hydrogen-bond acceptors (Lipinski definition) is 2. The number of likely N-dealkylation sites (tertiary alicyclic amines) is 1. The van der Waals surface area contributed by atoms with Gasteiger partial charge in [-0.25, -0.2) is 0 Å². The van der Waals surface area contributed by atoms with Crippen molar-refractivity contribution in [2.24, 2.45) is 11.3 Å². The van der Waals surface area contributed by atoms with E-state index in [2.05, 4.69) is 24.1 Å². The summed E-state index contributed by atoms with van der Waals surface area (Å²) < 4.78 is 0. The van der Waals surface area contributed by atoms with Crippen molar-refractivity contribution >= 4 is 5.91 Å². The lowest BCUT2D eigenvalue weighted by molar-refractivity contribution is -0.139. The summed E-state index contributed by atoms with van der Waals surface area (Å²) in [6, 6.07) is 0. The molecule has 2 aliphatic heterocycles. The molecule has 2 aliphatic rings. The quantitative estimate of drug-likeness (QED) is 0.836. The Bertz CT molecular complexity index is 282. The highest BCUT2D eigenvalue weighted by molar-refractivity contribution is 5.79. The standard InChI is InChI=1S/C15H28N2O/c1-3-7-15(2)8-4-11-17(12-15)14(18)13-5-9-16-10-6-13/h13,16H,3-12H2,1-2H3. The zero-order valence-corrected chi connectivity index (χ0v) is 12.0. The molecule has 2 saturated heterocycles. The van der Waals surface area contributed by atoms with Gasteiger partial charge in [-0.3, -0.25) is 4.79 Å². The van der Waals surface area contributed by atoms with Crippen LogP contribution in [0, 0.1) is 11.3 Å². The molecule has 0 aliphatic carbocycles. The zero-order chi connectivity index (χ0) is 13.0. The van der Waals surface area contributed by atoms with Crippen LogP contribution in [0.1, 0.15) is 52.4 Å². The molecule has 0 aromatic heterocycles. The van der Waals surface area contributed by atoms with Crippen LogP contribution in [-0.2, 0) is 4.79 Å². The van der Waals surface area contributed by atoms with Crippen molar-refractivity contribution in [3.05, 3.63) is 0 Å². The molecule has 0 spiro atoms. The first-order valence-electron chi connectivity index (χ1n) is 7.64. The number of nitrogens with zero attached hydrogens (tertiary/aromatic N) is 1. The number of hydrogen-bond donors (Lipinski definition) is 1. The molecule has 2 rings (SSSR count). The first kappa shape index (κ1) is 13.9. The number of carbonyl (C=O) groups excluding carboxylic acids is 1. The molecular weight excluding hydrogens is 224 g/mol. The van der Waals surface area contributed by atoms with Gasteiger partial charge in [0, 0.05) is 19.0 Å². The van der Waals surface area contributed by atoms with Gasteiger partial charge >= 0.3 is 0 Å². The predicted octanol–water partition coefficient (Wildman–Crippen LogP) is 2.41. The van der Waals surface area contributed by atoms with E-state index < -0.39 is 0 Å². The molecule has 3 nitrogen and oxygen atoms in total. The lowest BCUT2D eigenvalue weighted by Crippen LogP contribution is -2.48. The minimum absolute atomic E-state index is 0.287. The van der Waals surface area contributed by atoms with E-state index in [1.165, 1.54) is 25.7 Å². The number of amides is 1. The molecule has 3 heteroatoms. The summed E-state index contributed by atoms with van der Waals surface area (Å²) in [7, 11) is 0. The van der Waals surface area contributed by atoms with Gasteiger partial charge in [0.1, 0.15) is 0 Å². The minimum atomic E-state index is 0.287. The van der Waals surface area contributed by atoms with Gasteiger partial charge in [-0.2, -0.15) is 0 Å². The average Bonchev–Trinajstić information content (AvgIpc) is 2.39. The third-order valence-corrected chi connectivity index (χ3v) is 4.63. The van der Waals surface area contributed by atoms with Crippen molar-refractivity contribution in [2.75, 3.05) is 26.2 Å². The van der Waals surface area contributed by atoms with Gasteiger partial charge < -0.3 is 10.2 Å². The van der Waals surface area contributed by atoms with Crippen LogP contribution < -0.4 is 5.32 Å². The number of piperidine rings is 2. The van der Waals surface area contributed by atoms with Gasteiger partial charge in [-0.1, -0.05) is 20.3 Å². The largest absolute Gasteiger partial charge is 0.342 e. The highest BCUT2D eigenvalue weighted by Gasteiger charge is 2.34. The second kappa shape index (κ2) is 6.05. The molecule has 0 aromatic rings. The van der Waals surface area contributed by atoms with E-state index >= 15 is 0 Å². The van der Waals surface area contributed by atoms with Crippen molar-refractivity contribution in [1.29, 1.82) is 0 Å².